The van der Waals surface area contributed by atoms with Gasteiger partial charge in [-0.3, -0.25) is 14.4 Å². The fraction of sp³-hybridized carbons (Fsp3) is 0.429. The molecule has 0 aliphatic carbocycles. The molecular weight excluding hydrogens is 502 g/mol. The molecule has 0 saturated carbocycles. The molecule has 204 valence electrons. The normalized spacial score (nSPS) is 17.9. The molecule has 5 N–H and O–H groups in total. The van der Waals surface area contributed by atoms with Crippen LogP contribution in [0.3, 0.4) is 0 Å². The van der Waals surface area contributed by atoms with E-state index in [-0.39, 0.29) is 37.1 Å². The summed E-state index contributed by atoms with van der Waals surface area (Å²) in [5.41, 5.74) is 6.81. The van der Waals surface area contributed by atoms with E-state index in [2.05, 4.69) is 16.0 Å². The Morgan fingerprint density at radius 3 is 2.42 bits per heavy atom. The van der Waals surface area contributed by atoms with Gasteiger partial charge in [0, 0.05) is 30.0 Å². The number of thioether (sulfide) groups is 1. The van der Waals surface area contributed by atoms with Crippen molar-refractivity contribution in [3.8, 4) is 0 Å². The van der Waals surface area contributed by atoms with E-state index in [1.807, 2.05) is 75.6 Å². The molecule has 10 heteroatoms. The summed E-state index contributed by atoms with van der Waals surface area (Å²) in [5, 5.41) is 8.45. The summed E-state index contributed by atoms with van der Waals surface area (Å²) >= 11 is 1.57. The number of primary amides is 1. The first-order chi connectivity index (χ1) is 17.9. The molecule has 2 aromatic carbocycles. The molecule has 3 unspecified atom stereocenters. The van der Waals surface area contributed by atoms with Crippen molar-refractivity contribution in [1.29, 1.82) is 0 Å². The maximum Gasteiger partial charge on any atom is 0.319 e. The molecule has 3 rings (SSSR count). The minimum Gasteiger partial charge on any atom is -0.368 e. The molecule has 1 heterocycles. The highest BCUT2D eigenvalue weighted by Gasteiger charge is 2.41. The first-order valence-electron chi connectivity index (χ1n) is 12.6. The fourth-order valence-corrected chi connectivity index (χ4v) is 4.87. The highest BCUT2D eigenvalue weighted by Crippen LogP contribution is 2.26. The van der Waals surface area contributed by atoms with Crippen LogP contribution in [0.4, 0.5) is 10.5 Å². The van der Waals surface area contributed by atoms with Gasteiger partial charge in [0.25, 0.3) is 0 Å². The van der Waals surface area contributed by atoms with E-state index in [0.29, 0.717) is 5.69 Å². The van der Waals surface area contributed by atoms with Crippen molar-refractivity contribution in [3.05, 3.63) is 60.2 Å². The van der Waals surface area contributed by atoms with Crippen LogP contribution in [0.5, 0.6) is 0 Å². The fourth-order valence-electron chi connectivity index (χ4n) is 4.41. The van der Waals surface area contributed by atoms with Crippen molar-refractivity contribution in [2.45, 2.75) is 63.1 Å². The number of carbonyl (C=O) groups is 4. The van der Waals surface area contributed by atoms with Crippen molar-refractivity contribution < 1.29 is 19.2 Å². The lowest BCUT2D eigenvalue weighted by atomic mass is 9.91. The average molecular weight is 540 g/mol. The molecule has 1 aliphatic heterocycles. The summed E-state index contributed by atoms with van der Waals surface area (Å²) < 4.78 is 0. The molecule has 9 nitrogen and oxygen atoms in total. The van der Waals surface area contributed by atoms with Crippen LogP contribution >= 0.6 is 11.8 Å². The van der Waals surface area contributed by atoms with Gasteiger partial charge in [-0.05, 0) is 41.9 Å². The number of rotatable bonds is 9. The molecule has 0 aromatic heterocycles. The first kappa shape index (κ1) is 29.0. The average Bonchev–Trinajstić information content (AvgIpc) is 3.27. The molecule has 3 atom stereocenters. The molecule has 2 aromatic rings. The summed E-state index contributed by atoms with van der Waals surface area (Å²) in [5.74, 6) is -1.31. The van der Waals surface area contributed by atoms with Crippen molar-refractivity contribution in [2.24, 2.45) is 11.1 Å². The van der Waals surface area contributed by atoms with Crippen LogP contribution in [0.15, 0.2) is 59.5 Å². The Hall–Kier alpha value is -3.53. The van der Waals surface area contributed by atoms with Crippen LogP contribution in [-0.4, -0.2) is 59.6 Å². The lowest BCUT2D eigenvalue weighted by Gasteiger charge is -2.28. The number of nitrogens with zero attached hydrogens (tertiary/aromatic N) is 1. The van der Waals surface area contributed by atoms with Crippen LogP contribution in [-0.2, 0) is 20.8 Å². The molecular formula is C28H37N5O4S. The standard InChI is InChI=1S/C28H37N5O4S/c1-28(2,3)16-24(34)33-17-20(31-27(37)30-19-11-8-12-21(14-19)38-4)15-23(33)26(36)32-22(25(29)35)13-18-9-6-5-7-10-18/h5-12,14,20,22-23H,13,15-17H2,1-4H3,(H2,29,35)(H,32,36)(H2,30,31,37). The van der Waals surface area contributed by atoms with Crippen LogP contribution in [0.2, 0.25) is 0 Å². The molecule has 0 spiro atoms. The van der Waals surface area contributed by atoms with Crippen molar-refractivity contribution in [3.63, 3.8) is 0 Å². The third-order valence-corrected chi connectivity index (χ3v) is 6.94. The van der Waals surface area contributed by atoms with E-state index in [1.165, 1.54) is 4.90 Å². The quantitative estimate of drug-likeness (QED) is 0.363. The SMILES string of the molecule is CSc1cccc(NC(=O)NC2CC(C(=O)NC(Cc3ccccc3)C(N)=O)N(C(=O)CC(C)(C)C)C2)c1. The van der Waals surface area contributed by atoms with Crippen molar-refractivity contribution in [2.75, 3.05) is 18.1 Å². The Morgan fingerprint density at radius 1 is 1.08 bits per heavy atom. The molecule has 38 heavy (non-hydrogen) atoms. The predicted octanol–water partition coefficient (Wildman–Crippen LogP) is 3.15. The van der Waals surface area contributed by atoms with E-state index in [4.69, 9.17) is 5.73 Å². The van der Waals surface area contributed by atoms with E-state index in [0.717, 1.165) is 10.5 Å². The molecule has 1 fully saturated rings. The van der Waals surface area contributed by atoms with Gasteiger partial charge in [0.1, 0.15) is 12.1 Å². The van der Waals surface area contributed by atoms with E-state index in [9.17, 15) is 19.2 Å². The minimum atomic E-state index is -0.927. The number of hydrogen-bond acceptors (Lipinski definition) is 5. The minimum absolute atomic E-state index is 0.186. The van der Waals surface area contributed by atoms with E-state index in [1.54, 1.807) is 17.8 Å². The largest absolute Gasteiger partial charge is 0.368 e. The van der Waals surface area contributed by atoms with Crippen molar-refractivity contribution in [1.82, 2.24) is 15.5 Å². The number of benzene rings is 2. The van der Waals surface area contributed by atoms with Gasteiger partial charge in [-0.25, -0.2) is 4.79 Å². The monoisotopic (exact) mass is 539 g/mol. The maximum absolute atomic E-state index is 13.4. The Balaban J connectivity index is 1.72. The molecule has 1 saturated heterocycles. The molecule has 5 amide bonds. The topological polar surface area (TPSA) is 134 Å². The second kappa shape index (κ2) is 12.8. The summed E-state index contributed by atoms with van der Waals surface area (Å²) in [4.78, 5) is 54.0. The number of hydrogen-bond donors (Lipinski definition) is 4. The number of anilines is 1. The predicted molar refractivity (Wildman–Crippen MR) is 150 cm³/mol. The summed E-state index contributed by atoms with van der Waals surface area (Å²) in [6.45, 7) is 6.03. The van der Waals surface area contributed by atoms with Gasteiger partial charge in [-0.15, -0.1) is 11.8 Å². The summed E-state index contributed by atoms with van der Waals surface area (Å²) in [6.07, 6.45) is 2.65. The van der Waals surface area contributed by atoms with Gasteiger partial charge in [0.15, 0.2) is 0 Å². The lowest BCUT2D eigenvalue weighted by molar-refractivity contribution is -0.140. The Morgan fingerprint density at radius 2 is 1.79 bits per heavy atom. The van der Waals surface area contributed by atoms with E-state index < -0.39 is 36.0 Å². The second-order valence-electron chi connectivity index (χ2n) is 10.7. The molecule has 0 bridgehead atoms. The zero-order valence-corrected chi connectivity index (χ0v) is 23.1. The number of carbonyl (C=O) groups excluding carboxylic acids is 4. The van der Waals surface area contributed by atoms with Crippen LogP contribution in [0, 0.1) is 5.41 Å². The number of urea groups is 1. The third kappa shape index (κ3) is 8.51. The number of nitrogens with two attached hydrogens (primary N) is 1. The van der Waals surface area contributed by atoms with E-state index >= 15 is 0 Å². The van der Waals surface area contributed by atoms with Crippen LogP contribution in [0.1, 0.15) is 39.2 Å². The van der Waals surface area contributed by atoms with Gasteiger partial charge in [0.05, 0.1) is 6.04 Å². The Bertz CT molecular complexity index is 1150. The zero-order valence-electron chi connectivity index (χ0n) is 22.3. The van der Waals surface area contributed by atoms with Gasteiger partial charge < -0.3 is 26.6 Å². The number of amides is 5. The lowest BCUT2D eigenvalue weighted by Crippen LogP contribution is -2.53. The number of likely N-dealkylation sites (tertiary alicyclic amines) is 1. The smallest absolute Gasteiger partial charge is 0.319 e. The highest BCUT2D eigenvalue weighted by molar-refractivity contribution is 7.98. The van der Waals surface area contributed by atoms with Gasteiger partial charge in [-0.2, -0.15) is 0 Å². The maximum atomic E-state index is 13.4. The van der Waals surface area contributed by atoms with Gasteiger partial charge in [-0.1, -0.05) is 57.2 Å². The third-order valence-electron chi connectivity index (χ3n) is 6.21. The van der Waals surface area contributed by atoms with Gasteiger partial charge in [0.2, 0.25) is 17.7 Å². The Kier molecular flexibility index (Phi) is 9.79. The second-order valence-corrected chi connectivity index (χ2v) is 11.6. The Labute approximate surface area is 228 Å². The summed E-state index contributed by atoms with van der Waals surface area (Å²) in [6, 6.07) is 14.1. The molecule has 0 radical (unpaired) electrons. The van der Waals surface area contributed by atoms with Gasteiger partial charge >= 0.3 is 6.03 Å². The molecule has 1 aliphatic rings. The summed E-state index contributed by atoms with van der Waals surface area (Å²) in [7, 11) is 0. The van der Waals surface area contributed by atoms with Crippen LogP contribution < -0.4 is 21.7 Å². The van der Waals surface area contributed by atoms with Crippen molar-refractivity contribution >= 4 is 41.2 Å². The van der Waals surface area contributed by atoms with Crippen LogP contribution in [0.25, 0.3) is 0 Å². The number of nitrogens with one attached hydrogen (secondary N) is 3. The highest BCUT2D eigenvalue weighted by atomic mass is 32.2. The first-order valence-corrected chi connectivity index (χ1v) is 13.8. The zero-order chi connectivity index (χ0) is 27.9.